The highest BCUT2D eigenvalue weighted by Crippen LogP contribution is 2.25. The van der Waals surface area contributed by atoms with E-state index >= 15 is 0 Å². The summed E-state index contributed by atoms with van der Waals surface area (Å²) in [7, 11) is 0. The first-order valence-electron chi connectivity index (χ1n) is 13.0. The molecule has 11 heteroatoms. The molecule has 0 spiro atoms. The van der Waals surface area contributed by atoms with E-state index in [0.29, 0.717) is 25.5 Å². The van der Waals surface area contributed by atoms with Crippen molar-refractivity contribution in [3.05, 3.63) is 52.8 Å². The third-order valence-electron chi connectivity index (χ3n) is 6.70. The fourth-order valence-corrected chi connectivity index (χ4v) is 4.74. The van der Waals surface area contributed by atoms with Crippen molar-refractivity contribution in [1.82, 2.24) is 19.8 Å². The Kier molecular flexibility index (Phi) is 8.33. The quantitative estimate of drug-likeness (QED) is 0.340. The lowest BCUT2D eigenvalue weighted by molar-refractivity contribution is -0.133. The molecule has 0 bridgehead atoms. The minimum absolute atomic E-state index is 0.149. The maximum atomic E-state index is 13.2. The van der Waals surface area contributed by atoms with Crippen LogP contribution in [0.25, 0.3) is 0 Å². The molecule has 1 unspecified atom stereocenters. The minimum atomic E-state index is -0.715. The van der Waals surface area contributed by atoms with Crippen LogP contribution in [0.2, 0.25) is 0 Å². The molecule has 11 nitrogen and oxygen atoms in total. The number of fused-ring (bicyclic) bond motifs is 2. The van der Waals surface area contributed by atoms with Crippen LogP contribution in [0.1, 0.15) is 49.6 Å². The lowest BCUT2D eigenvalue weighted by Gasteiger charge is -2.32. The van der Waals surface area contributed by atoms with Crippen molar-refractivity contribution in [2.75, 3.05) is 25.0 Å². The second kappa shape index (κ2) is 11.7. The van der Waals surface area contributed by atoms with E-state index in [9.17, 15) is 9.59 Å². The molecule has 2 amide bonds. The van der Waals surface area contributed by atoms with Crippen molar-refractivity contribution in [3.63, 3.8) is 0 Å². The molecule has 202 valence electrons. The van der Waals surface area contributed by atoms with Crippen molar-refractivity contribution < 1.29 is 14.3 Å². The molecule has 1 aromatic heterocycles. The van der Waals surface area contributed by atoms with Gasteiger partial charge in [-0.2, -0.15) is 5.11 Å². The van der Waals surface area contributed by atoms with E-state index < -0.39 is 17.7 Å². The summed E-state index contributed by atoms with van der Waals surface area (Å²) in [6, 6.07) is 8.08. The van der Waals surface area contributed by atoms with Crippen molar-refractivity contribution in [3.8, 4) is 0 Å². The zero-order chi connectivity index (χ0) is 27.3. The third-order valence-corrected chi connectivity index (χ3v) is 6.70. The summed E-state index contributed by atoms with van der Waals surface area (Å²) in [4.78, 5) is 38.3. The highest BCUT2D eigenvalue weighted by molar-refractivity contribution is 5.82. The standard InChI is InChI=1S/C27H36N8O3/c1-27(2,3)38-26(37)35(10-8-21(14-28)33-29)17-24(36)34-11-9-23-20(16-34)15-30-25(32-23)31-22-12-18-6-4-5-7-19(18)13-22/h4-7,14-15,21-22,28-29H,8-13,16-17H2,1-3H3,(H,30,31,32). The smallest absolute Gasteiger partial charge is 0.410 e. The number of hydrogen-bond donors (Lipinski definition) is 3. The SMILES string of the molecule is CC(C)(C)OC(=O)N(CCC(C=N)N=N)CC(=O)N1CCc2nc(NC3Cc4ccccc4C3)ncc2C1. The molecular weight excluding hydrogens is 484 g/mol. The zero-order valence-electron chi connectivity index (χ0n) is 22.2. The average Bonchev–Trinajstić information content (AvgIpc) is 3.29. The van der Waals surface area contributed by atoms with Gasteiger partial charge in [-0.05, 0) is 51.2 Å². The molecule has 38 heavy (non-hydrogen) atoms. The topological polar surface area (TPSA) is 148 Å². The zero-order valence-corrected chi connectivity index (χ0v) is 22.2. The Balaban J connectivity index is 1.36. The molecule has 1 aromatic carbocycles. The van der Waals surface area contributed by atoms with Crippen LogP contribution in [0, 0.1) is 10.9 Å². The fourth-order valence-electron chi connectivity index (χ4n) is 4.74. The van der Waals surface area contributed by atoms with E-state index in [1.807, 2.05) is 0 Å². The molecule has 4 rings (SSSR count). The fraction of sp³-hybridized carbons (Fsp3) is 0.519. The summed E-state index contributed by atoms with van der Waals surface area (Å²) in [6.07, 6.45) is 4.99. The van der Waals surface area contributed by atoms with Crippen molar-refractivity contribution in [2.24, 2.45) is 5.11 Å². The lowest BCUT2D eigenvalue weighted by atomic mass is 10.1. The Morgan fingerprint density at radius 2 is 1.97 bits per heavy atom. The Hall–Kier alpha value is -3.89. The van der Waals surface area contributed by atoms with Gasteiger partial charge in [0.2, 0.25) is 11.9 Å². The maximum absolute atomic E-state index is 13.2. The highest BCUT2D eigenvalue weighted by Gasteiger charge is 2.29. The molecule has 1 aliphatic carbocycles. The van der Waals surface area contributed by atoms with Gasteiger partial charge in [0.1, 0.15) is 18.2 Å². The number of benzene rings is 1. The molecule has 0 fully saturated rings. The van der Waals surface area contributed by atoms with Gasteiger partial charge in [-0.25, -0.2) is 20.3 Å². The molecular formula is C27H36N8O3. The number of aromatic nitrogens is 2. The largest absolute Gasteiger partial charge is 0.444 e. The first-order valence-corrected chi connectivity index (χ1v) is 13.0. The van der Waals surface area contributed by atoms with Crippen molar-refractivity contribution in [2.45, 2.75) is 70.7 Å². The summed E-state index contributed by atoms with van der Waals surface area (Å²) in [5.74, 6) is 0.402. The minimum Gasteiger partial charge on any atom is -0.444 e. The third kappa shape index (κ3) is 6.90. The van der Waals surface area contributed by atoms with Crippen LogP contribution in [0.4, 0.5) is 10.7 Å². The molecule has 0 saturated carbocycles. The van der Waals surface area contributed by atoms with Gasteiger partial charge in [0.05, 0.1) is 5.69 Å². The van der Waals surface area contributed by atoms with Gasteiger partial charge in [0, 0.05) is 50.1 Å². The molecule has 2 aliphatic rings. The number of hydrogen-bond acceptors (Lipinski definition) is 9. The van der Waals surface area contributed by atoms with Gasteiger partial charge in [-0.15, -0.1) is 0 Å². The summed E-state index contributed by atoms with van der Waals surface area (Å²) < 4.78 is 5.49. The lowest BCUT2D eigenvalue weighted by Crippen LogP contribution is -2.46. The Labute approximate surface area is 223 Å². The van der Waals surface area contributed by atoms with Gasteiger partial charge >= 0.3 is 6.09 Å². The predicted octanol–water partition coefficient (Wildman–Crippen LogP) is 3.62. The summed E-state index contributed by atoms with van der Waals surface area (Å²) in [5.41, 5.74) is 11.0. The predicted molar refractivity (Wildman–Crippen MR) is 143 cm³/mol. The van der Waals surface area contributed by atoms with Crippen LogP contribution in [-0.2, 0) is 35.3 Å². The van der Waals surface area contributed by atoms with E-state index in [1.165, 1.54) is 16.0 Å². The number of carbonyl (C=O) groups excluding carboxylic acids is 2. The molecule has 1 atom stereocenters. The monoisotopic (exact) mass is 520 g/mol. The van der Waals surface area contributed by atoms with E-state index in [2.05, 4.69) is 39.7 Å². The van der Waals surface area contributed by atoms with Gasteiger partial charge in [-0.3, -0.25) is 9.69 Å². The van der Waals surface area contributed by atoms with Gasteiger partial charge < -0.3 is 20.4 Å². The Morgan fingerprint density at radius 1 is 1.26 bits per heavy atom. The Morgan fingerprint density at radius 3 is 2.61 bits per heavy atom. The molecule has 0 radical (unpaired) electrons. The van der Waals surface area contributed by atoms with Crippen LogP contribution < -0.4 is 5.32 Å². The highest BCUT2D eigenvalue weighted by atomic mass is 16.6. The van der Waals surface area contributed by atoms with E-state index in [1.54, 1.807) is 31.9 Å². The van der Waals surface area contributed by atoms with E-state index in [-0.39, 0.29) is 31.5 Å². The molecule has 0 saturated heterocycles. The number of amides is 2. The summed E-state index contributed by atoms with van der Waals surface area (Å²) in [5, 5.41) is 14.2. The van der Waals surface area contributed by atoms with Crippen molar-refractivity contribution >= 4 is 24.2 Å². The first kappa shape index (κ1) is 27.2. The van der Waals surface area contributed by atoms with Crippen LogP contribution in [0.3, 0.4) is 0 Å². The van der Waals surface area contributed by atoms with E-state index in [0.717, 1.165) is 30.3 Å². The summed E-state index contributed by atoms with van der Waals surface area (Å²) >= 11 is 0. The normalized spacial score (nSPS) is 15.7. The van der Waals surface area contributed by atoms with Crippen LogP contribution in [0.15, 0.2) is 35.6 Å². The van der Waals surface area contributed by atoms with Gasteiger partial charge in [-0.1, -0.05) is 24.3 Å². The number of nitrogens with one attached hydrogen (secondary N) is 3. The number of carbonyl (C=O) groups is 2. The van der Waals surface area contributed by atoms with Gasteiger partial charge in [0.25, 0.3) is 0 Å². The maximum Gasteiger partial charge on any atom is 0.410 e. The molecule has 2 heterocycles. The number of anilines is 1. The second-order valence-corrected chi connectivity index (χ2v) is 10.8. The van der Waals surface area contributed by atoms with Crippen LogP contribution in [0.5, 0.6) is 0 Å². The van der Waals surface area contributed by atoms with Crippen LogP contribution >= 0.6 is 0 Å². The molecule has 1 aliphatic heterocycles. The van der Waals surface area contributed by atoms with Crippen molar-refractivity contribution in [1.29, 1.82) is 10.9 Å². The molecule has 3 N–H and O–H groups in total. The van der Waals surface area contributed by atoms with Crippen LogP contribution in [-0.4, -0.2) is 75.3 Å². The summed E-state index contributed by atoms with van der Waals surface area (Å²) in [6.45, 7) is 6.15. The molecule has 2 aromatic rings. The number of nitrogens with zero attached hydrogens (tertiary/aromatic N) is 5. The Bertz CT molecular complexity index is 1160. The average molecular weight is 521 g/mol. The number of rotatable bonds is 9. The second-order valence-electron chi connectivity index (χ2n) is 10.8. The first-order chi connectivity index (χ1) is 18.1. The number of ether oxygens (including phenoxy) is 1. The van der Waals surface area contributed by atoms with Gasteiger partial charge in [0.15, 0.2) is 0 Å². The van der Waals surface area contributed by atoms with E-state index in [4.69, 9.17) is 20.7 Å².